The first kappa shape index (κ1) is 23.2. The van der Waals surface area contributed by atoms with Gasteiger partial charge in [-0.25, -0.2) is 0 Å². The second kappa shape index (κ2) is 9.24. The molecule has 0 saturated carbocycles. The van der Waals surface area contributed by atoms with Crippen LogP contribution < -0.4 is 4.74 Å². The van der Waals surface area contributed by atoms with Gasteiger partial charge in [0.15, 0.2) is 17.3 Å². The Labute approximate surface area is 210 Å². The van der Waals surface area contributed by atoms with E-state index in [4.69, 9.17) is 27.9 Å². The van der Waals surface area contributed by atoms with Crippen LogP contribution in [0.1, 0.15) is 61.1 Å². The highest BCUT2D eigenvalue weighted by Crippen LogP contribution is 2.50. The van der Waals surface area contributed by atoms with Crippen LogP contribution in [0.4, 0.5) is 0 Å². The van der Waals surface area contributed by atoms with Crippen molar-refractivity contribution in [3.8, 4) is 5.75 Å². The van der Waals surface area contributed by atoms with Crippen molar-refractivity contribution in [2.75, 3.05) is 7.05 Å². The molecule has 176 valence electrons. The number of carbonyl (C=O) groups excluding carboxylic acids is 2. The summed E-state index contributed by atoms with van der Waals surface area (Å²) in [7, 11) is 1.99. The molecule has 1 heterocycles. The predicted molar refractivity (Wildman–Crippen MR) is 134 cm³/mol. The molecule has 1 aliphatic heterocycles. The van der Waals surface area contributed by atoms with Crippen LogP contribution in [0.15, 0.2) is 58.9 Å². The third-order valence-electron chi connectivity index (χ3n) is 7.10. The molecule has 0 unspecified atom stereocenters. The van der Waals surface area contributed by atoms with E-state index in [0.717, 1.165) is 59.4 Å². The summed E-state index contributed by atoms with van der Waals surface area (Å²) in [6.45, 7) is 2.38. The second-order valence-electron chi connectivity index (χ2n) is 9.35. The number of ketones is 2. The van der Waals surface area contributed by atoms with Gasteiger partial charge in [-0.15, -0.1) is 0 Å². The maximum atomic E-state index is 13.1. The van der Waals surface area contributed by atoms with Crippen molar-refractivity contribution in [1.29, 1.82) is 0 Å². The summed E-state index contributed by atoms with van der Waals surface area (Å²) in [6, 6.07) is 11.7. The van der Waals surface area contributed by atoms with E-state index in [2.05, 4.69) is 4.90 Å². The van der Waals surface area contributed by atoms with Gasteiger partial charge >= 0.3 is 0 Å². The predicted octanol–water partition coefficient (Wildman–Crippen LogP) is 6.92. The summed E-state index contributed by atoms with van der Waals surface area (Å²) in [5.41, 5.74) is 6.48. The topological polar surface area (TPSA) is 46.6 Å². The minimum Gasteiger partial charge on any atom is -0.486 e. The molecule has 2 aromatic rings. The lowest BCUT2D eigenvalue weighted by molar-refractivity contribution is -0.117. The van der Waals surface area contributed by atoms with Gasteiger partial charge in [-0.1, -0.05) is 53.0 Å². The number of benzene rings is 2. The fourth-order valence-corrected chi connectivity index (χ4v) is 6.02. The highest BCUT2D eigenvalue weighted by atomic mass is 35.5. The molecule has 0 aromatic heterocycles. The minimum absolute atomic E-state index is 0.106. The van der Waals surface area contributed by atoms with Gasteiger partial charge < -0.3 is 9.64 Å². The Balaban J connectivity index is 1.55. The fraction of sp³-hybridized carbons (Fsp3) is 0.357. The summed E-state index contributed by atoms with van der Waals surface area (Å²) in [5, 5.41) is 0.758. The van der Waals surface area contributed by atoms with Crippen LogP contribution in [0, 0.1) is 6.92 Å². The van der Waals surface area contributed by atoms with Gasteiger partial charge in [0.1, 0.15) is 6.61 Å². The molecule has 0 amide bonds. The molecule has 0 radical (unpaired) electrons. The Hall–Kier alpha value is -2.56. The standard InChI is InChI=1S/C28H27Cl2NO3/c1-16-9-11-17(12-10-16)15-34-28-19(29)13-18(14-20(28)30)25-26-21(5-3-7-23(26)32)31(2)22-6-4-8-24(33)27(22)25/h9-14,25H,3-8,15H2,1-2H3. The zero-order chi connectivity index (χ0) is 24.0. The van der Waals surface area contributed by atoms with Crippen LogP contribution >= 0.6 is 23.2 Å². The van der Waals surface area contributed by atoms with E-state index >= 15 is 0 Å². The van der Waals surface area contributed by atoms with Crippen LogP contribution in [0.2, 0.25) is 10.0 Å². The Morgan fingerprint density at radius 3 is 1.94 bits per heavy atom. The number of Topliss-reactive ketones (excluding diaryl/α,β-unsaturated/α-hetero) is 2. The van der Waals surface area contributed by atoms with Crippen molar-refractivity contribution in [3.05, 3.63) is 85.7 Å². The summed E-state index contributed by atoms with van der Waals surface area (Å²) in [5.74, 6) is 0.196. The van der Waals surface area contributed by atoms with Crippen molar-refractivity contribution in [1.82, 2.24) is 4.90 Å². The van der Waals surface area contributed by atoms with Crippen molar-refractivity contribution in [2.45, 2.75) is 58.0 Å². The number of halogens is 2. The molecule has 0 bridgehead atoms. The van der Waals surface area contributed by atoms with E-state index < -0.39 is 5.92 Å². The molecule has 0 saturated heterocycles. The zero-order valence-electron chi connectivity index (χ0n) is 19.4. The van der Waals surface area contributed by atoms with Crippen LogP contribution in [0.5, 0.6) is 5.75 Å². The molecule has 2 aromatic carbocycles. The SMILES string of the molecule is Cc1ccc(COc2c(Cl)cc(C3C4=C(CCCC4=O)N(C)C4=C3C(=O)CCC4)cc2Cl)cc1. The normalized spacial score (nSPS) is 18.9. The van der Waals surface area contributed by atoms with Crippen LogP contribution in [-0.2, 0) is 16.2 Å². The van der Waals surface area contributed by atoms with Crippen molar-refractivity contribution < 1.29 is 14.3 Å². The fourth-order valence-electron chi connectivity index (χ4n) is 5.41. The molecule has 5 rings (SSSR count). The molecule has 4 nitrogen and oxygen atoms in total. The molecule has 34 heavy (non-hydrogen) atoms. The minimum atomic E-state index is -0.428. The molecule has 6 heteroatoms. The van der Waals surface area contributed by atoms with E-state index in [0.29, 0.717) is 35.2 Å². The first-order chi connectivity index (χ1) is 16.3. The zero-order valence-corrected chi connectivity index (χ0v) is 20.9. The smallest absolute Gasteiger partial charge is 0.161 e. The van der Waals surface area contributed by atoms with Gasteiger partial charge in [0, 0.05) is 48.3 Å². The molecule has 3 aliphatic rings. The largest absolute Gasteiger partial charge is 0.486 e. The maximum absolute atomic E-state index is 13.1. The Bertz CT molecular complexity index is 1180. The van der Waals surface area contributed by atoms with E-state index in [1.807, 2.05) is 50.4 Å². The van der Waals surface area contributed by atoms with Gasteiger partial charge in [0.2, 0.25) is 0 Å². The van der Waals surface area contributed by atoms with Crippen molar-refractivity contribution >= 4 is 34.8 Å². The van der Waals surface area contributed by atoms with Crippen molar-refractivity contribution in [2.24, 2.45) is 0 Å². The summed E-state index contributed by atoms with van der Waals surface area (Å²) in [6.07, 6.45) is 4.33. The summed E-state index contributed by atoms with van der Waals surface area (Å²) >= 11 is 13.4. The Morgan fingerprint density at radius 1 is 0.882 bits per heavy atom. The highest BCUT2D eigenvalue weighted by Gasteiger charge is 2.42. The number of hydrogen-bond donors (Lipinski definition) is 0. The Morgan fingerprint density at radius 2 is 1.41 bits per heavy atom. The van der Waals surface area contributed by atoms with E-state index in [1.54, 1.807) is 0 Å². The maximum Gasteiger partial charge on any atom is 0.161 e. The molecule has 0 spiro atoms. The van der Waals surface area contributed by atoms with E-state index in [9.17, 15) is 9.59 Å². The molecule has 0 atom stereocenters. The Kier molecular flexibility index (Phi) is 6.30. The number of allylic oxidation sites excluding steroid dienone is 4. The van der Waals surface area contributed by atoms with E-state index in [1.165, 1.54) is 5.56 Å². The number of aryl methyl sites for hydroxylation is 1. The first-order valence-electron chi connectivity index (χ1n) is 11.8. The lowest BCUT2D eigenvalue weighted by Crippen LogP contribution is -2.37. The average molecular weight is 496 g/mol. The number of nitrogens with zero attached hydrogens (tertiary/aromatic N) is 1. The molecular formula is C28H27Cl2NO3. The average Bonchev–Trinajstić information content (AvgIpc) is 2.81. The summed E-state index contributed by atoms with van der Waals surface area (Å²) < 4.78 is 5.98. The number of ether oxygens (including phenoxy) is 1. The van der Waals surface area contributed by atoms with E-state index in [-0.39, 0.29) is 11.6 Å². The number of rotatable bonds is 4. The third-order valence-corrected chi connectivity index (χ3v) is 7.66. The first-order valence-corrected chi connectivity index (χ1v) is 12.5. The van der Waals surface area contributed by atoms with Gasteiger partial charge in [-0.2, -0.15) is 0 Å². The lowest BCUT2D eigenvalue weighted by atomic mass is 9.71. The van der Waals surface area contributed by atoms with Crippen LogP contribution in [-0.4, -0.2) is 23.5 Å². The molecule has 0 N–H and O–H groups in total. The monoisotopic (exact) mass is 495 g/mol. The lowest BCUT2D eigenvalue weighted by Gasteiger charge is -2.42. The number of carbonyl (C=O) groups is 2. The second-order valence-corrected chi connectivity index (χ2v) is 10.2. The summed E-state index contributed by atoms with van der Waals surface area (Å²) in [4.78, 5) is 28.4. The highest BCUT2D eigenvalue weighted by molar-refractivity contribution is 6.37. The van der Waals surface area contributed by atoms with Gasteiger partial charge in [0.25, 0.3) is 0 Å². The van der Waals surface area contributed by atoms with Crippen LogP contribution in [0.25, 0.3) is 0 Å². The van der Waals surface area contributed by atoms with Gasteiger partial charge in [-0.05, 0) is 55.9 Å². The molecule has 2 aliphatic carbocycles. The van der Waals surface area contributed by atoms with Gasteiger partial charge in [0.05, 0.1) is 10.0 Å². The quantitative estimate of drug-likeness (QED) is 0.461. The van der Waals surface area contributed by atoms with Crippen molar-refractivity contribution in [3.63, 3.8) is 0 Å². The number of hydrogen-bond acceptors (Lipinski definition) is 4. The van der Waals surface area contributed by atoms with Crippen LogP contribution in [0.3, 0.4) is 0 Å². The molecular weight excluding hydrogens is 469 g/mol. The third kappa shape index (κ3) is 4.08. The molecule has 0 fully saturated rings. The van der Waals surface area contributed by atoms with Gasteiger partial charge in [-0.3, -0.25) is 9.59 Å².